The molecule has 0 aromatic heterocycles. The van der Waals surface area contributed by atoms with Gasteiger partial charge in [-0.15, -0.1) is 0 Å². The summed E-state index contributed by atoms with van der Waals surface area (Å²) >= 11 is 0. The van der Waals surface area contributed by atoms with Gasteiger partial charge in [-0.25, -0.2) is 17.9 Å². The number of nitrogens with one attached hydrogen (secondary N) is 3. The van der Waals surface area contributed by atoms with E-state index in [0.717, 1.165) is 18.4 Å². The summed E-state index contributed by atoms with van der Waals surface area (Å²) in [6, 6.07) is 18.7. The Hall–Kier alpha value is -4.14. The zero-order chi connectivity index (χ0) is 30.3. The van der Waals surface area contributed by atoms with E-state index in [0.29, 0.717) is 24.5 Å². The van der Waals surface area contributed by atoms with Crippen LogP contribution in [0.25, 0.3) is 0 Å². The summed E-state index contributed by atoms with van der Waals surface area (Å²) in [6.07, 6.45) is 1.69. The summed E-state index contributed by atoms with van der Waals surface area (Å²) in [4.78, 5) is 27.7. The van der Waals surface area contributed by atoms with Crippen molar-refractivity contribution in [1.82, 2.24) is 14.3 Å². The minimum atomic E-state index is -4.43. The Morgan fingerprint density at radius 1 is 0.905 bits per heavy atom. The van der Waals surface area contributed by atoms with Crippen molar-refractivity contribution < 1.29 is 31.2 Å². The molecule has 1 heterocycles. The highest BCUT2D eigenvalue weighted by Crippen LogP contribution is 2.23. The maximum Gasteiger partial charge on any atom is 0.330 e. The summed E-state index contributed by atoms with van der Waals surface area (Å²) in [6.45, 7) is 0.888. The number of rotatable bonds is 11. The van der Waals surface area contributed by atoms with Crippen molar-refractivity contribution in [1.29, 1.82) is 0 Å². The first-order valence-electron chi connectivity index (χ1n) is 13.2. The zero-order valence-electron chi connectivity index (χ0n) is 23.2. The molecular weight excluding hydrogens is 582 g/mol. The van der Waals surface area contributed by atoms with E-state index in [9.17, 15) is 26.4 Å². The molecule has 4 rings (SSSR count). The fourth-order valence-corrected chi connectivity index (χ4v) is 6.80. The van der Waals surface area contributed by atoms with Gasteiger partial charge in [0.05, 0.1) is 17.7 Å². The van der Waals surface area contributed by atoms with E-state index < -0.39 is 38.2 Å². The van der Waals surface area contributed by atoms with Crippen LogP contribution in [0.15, 0.2) is 83.8 Å². The molecule has 0 aliphatic carbocycles. The van der Waals surface area contributed by atoms with Crippen molar-refractivity contribution in [3.05, 3.63) is 84.4 Å². The van der Waals surface area contributed by atoms with Gasteiger partial charge in [-0.1, -0.05) is 30.3 Å². The SMILES string of the molecule is COc1ccc(N(C)C(=O)[C@H](Cc2ccccc2)NC(=O)NS(=O)(=O)Nc2ccc(S(=O)(=O)N3CCCC3)cc2)cc1. The number of carbonyl (C=O) groups excluding carboxylic acids is 2. The number of carbonyl (C=O) groups is 2. The summed E-state index contributed by atoms with van der Waals surface area (Å²) in [5.74, 6) is 0.137. The van der Waals surface area contributed by atoms with Crippen LogP contribution in [0.5, 0.6) is 5.75 Å². The van der Waals surface area contributed by atoms with Crippen LogP contribution in [0.3, 0.4) is 0 Å². The lowest BCUT2D eigenvalue weighted by molar-refractivity contribution is -0.120. The lowest BCUT2D eigenvalue weighted by Crippen LogP contribution is -2.53. The Kier molecular flexibility index (Phi) is 9.70. The van der Waals surface area contributed by atoms with E-state index in [-0.39, 0.29) is 17.0 Å². The highest BCUT2D eigenvalue weighted by molar-refractivity contribution is 7.91. The molecule has 42 heavy (non-hydrogen) atoms. The molecule has 1 atom stereocenters. The first-order chi connectivity index (χ1) is 20.0. The van der Waals surface area contributed by atoms with Crippen LogP contribution in [-0.2, 0) is 31.4 Å². The smallest absolute Gasteiger partial charge is 0.330 e. The molecule has 0 saturated carbocycles. The maximum absolute atomic E-state index is 13.4. The molecule has 3 amide bonds. The number of hydrogen-bond donors (Lipinski definition) is 3. The quantitative estimate of drug-likeness (QED) is 0.300. The number of likely N-dealkylation sites (N-methyl/N-ethyl adjacent to an activating group) is 1. The first kappa shape index (κ1) is 30.8. The van der Waals surface area contributed by atoms with Crippen LogP contribution in [0.1, 0.15) is 18.4 Å². The molecule has 0 radical (unpaired) electrons. The van der Waals surface area contributed by atoms with Gasteiger partial charge in [-0.2, -0.15) is 12.7 Å². The standard InChI is InChI=1S/C28H33N5O7S2/c1-32(23-12-14-24(40-2)15-13-23)27(34)26(20-21-8-4-3-5-9-21)29-28(35)31-42(38,39)30-22-10-16-25(17-11-22)41(36,37)33-18-6-7-19-33/h3-5,8-17,26,30H,6-7,18-20H2,1-2H3,(H2,29,31,35)/t26-/m0/s1. The Labute approximate surface area is 245 Å². The van der Waals surface area contributed by atoms with Gasteiger partial charge in [0.25, 0.3) is 0 Å². The van der Waals surface area contributed by atoms with Gasteiger partial charge in [0.2, 0.25) is 15.9 Å². The van der Waals surface area contributed by atoms with Crippen LogP contribution in [0, 0.1) is 0 Å². The molecule has 3 aromatic rings. The van der Waals surface area contributed by atoms with Gasteiger partial charge in [0, 0.05) is 32.2 Å². The van der Waals surface area contributed by atoms with Crippen LogP contribution < -0.4 is 24.4 Å². The van der Waals surface area contributed by atoms with Gasteiger partial charge in [0.15, 0.2) is 0 Å². The van der Waals surface area contributed by atoms with Crippen LogP contribution in [0.2, 0.25) is 0 Å². The third kappa shape index (κ3) is 7.78. The molecule has 1 aliphatic heterocycles. The highest BCUT2D eigenvalue weighted by Gasteiger charge is 2.28. The van der Waals surface area contributed by atoms with Crippen molar-refractivity contribution in [2.45, 2.75) is 30.2 Å². The number of methoxy groups -OCH3 is 1. The van der Waals surface area contributed by atoms with Crippen LogP contribution in [-0.4, -0.2) is 66.4 Å². The van der Waals surface area contributed by atoms with E-state index in [1.54, 1.807) is 55.6 Å². The normalized spacial score (nSPS) is 14.5. The van der Waals surface area contributed by atoms with Gasteiger partial charge in [0.1, 0.15) is 11.8 Å². The fourth-order valence-electron chi connectivity index (χ4n) is 4.48. The molecular formula is C28H33N5O7S2. The monoisotopic (exact) mass is 615 g/mol. The van der Waals surface area contributed by atoms with Crippen molar-refractivity contribution in [3.63, 3.8) is 0 Å². The van der Waals surface area contributed by atoms with E-state index in [1.165, 1.54) is 40.6 Å². The molecule has 12 nitrogen and oxygen atoms in total. The van der Waals surface area contributed by atoms with E-state index in [2.05, 4.69) is 10.0 Å². The third-order valence-electron chi connectivity index (χ3n) is 6.71. The summed E-state index contributed by atoms with van der Waals surface area (Å²) < 4.78 is 61.5. The number of benzene rings is 3. The molecule has 224 valence electrons. The first-order valence-corrected chi connectivity index (χ1v) is 16.1. The molecule has 3 N–H and O–H groups in total. The maximum atomic E-state index is 13.4. The zero-order valence-corrected chi connectivity index (χ0v) is 24.8. The number of ether oxygens (including phenoxy) is 1. The van der Waals surface area contributed by atoms with Gasteiger partial charge >= 0.3 is 16.2 Å². The minimum absolute atomic E-state index is 0.0429. The van der Waals surface area contributed by atoms with Crippen LogP contribution >= 0.6 is 0 Å². The Morgan fingerprint density at radius 3 is 2.12 bits per heavy atom. The summed E-state index contributed by atoms with van der Waals surface area (Å²) in [5, 5.41) is 2.47. The van der Waals surface area contributed by atoms with E-state index in [1.807, 2.05) is 10.8 Å². The fraction of sp³-hybridized carbons (Fsp3) is 0.286. The second kappa shape index (κ2) is 13.2. The highest BCUT2D eigenvalue weighted by atomic mass is 32.2. The van der Waals surface area contributed by atoms with Crippen molar-refractivity contribution in [3.8, 4) is 5.75 Å². The second-order valence-corrected chi connectivity index (χ2v) is 13.0. The topological polar surface area (TPSA) is 154 Å². The average Bonchev–Trinajstić information content (AvgIpc) is 3.53. The summed E-state index contributed by atoms with van der Waals surface area (Å²) in [7, 11) is -5.02. The lowest BCUT2D eigenvalue weighted by Gasteiger charge is -2.25. The number of urea groups is 1. The Bertz CT molecular complexity index is 1590. The number of hydrogen-bond acceptors (Lipinski definition) is 7. The summed E-state index contributed by atoms with van der Waals surface area (Å²) in [5.41, 5.74) is 1.35. The predicted octanol–water partition coefficient (Wildman–Crippen LogP) is 2.71. The molecule has 0 bridgehead atoms. The molecule has 0 unspecified atom stereocenters. The van der Waals surface area contributed by atoms with Crippen molar-refractivity contribution >= 4 is 43.5 Å². The molecule has 3 aromatic carbocycles. The van der Waals surface area contributed by atoms with E-state index in [4.69, 9.17) is 4.74 Å². The largest absolute Gasteiger partial charge is 0.497 e. The number of sulfonamides is 1. The minimum Gasteiger partial charge on any atom is -0.497 e. The third-order valence-corrected chi connectivity index (χ3v) is 9.58. The molecule has 1 aliphatic rings. The van der Waals surface area contributed by atoms with Gasteiger partial charge < -0.3 is 15.0 Å². The molecule has 14 heteroatoms. The average molecular weight is 616 g/mol. The molecule has 1 saturated heterocycles. The van der Waals surface area contributed by atoms with Crippen molar-refractivity contribution in [2.24, 2.45) is 0 Å². The van der Waals surface area contributed by atoms with Crippen molar-refractivity contribution in [2.75, 3.05) is 36.9 Å². The Balaban J connectivity index is 1.44. The Morgan fingerprint density at radius 2 is 1.52 bits per heavy atom. The number of anilines is 2. The number of nitrogens with zero attached hydrogens (tertiary/aromatic N) is 2. The van der Waals surface area contributed by atoms with Gasteiger partial charge in [-0.05, 0) is 66.9 Å². The molecule has 1 fully saturated rings. The lowest BCUT2D eigenvalue weighted by atomic mass is 10.0. The van der Waals surface area contributed by atoms with Gasteiger partial charge in [-0.3, -0.25) is 9.52 Å². The number of amides is 3. The second-order valence-electron chi connectivity index (χ2n) is 9.65. The van der Waals surface area contributed by atoms with E-state index >= 15 is 0 Å². The van der Waals surface area contributed by atoms with Crippen LogP contribution in [0.4, 0.5) is 16.2 Å². The predicted molar refractivity (Wildman–Crippen MR) is 159 cm³/mol. The molecule has 0 spiro atoms.